The van der Waals surface area contributed by atoms with E-state index in [1.165, 1.54) is 0 Å². The van der Waals surface area contributed by atoms with Gasteiger partial charge in [0.05, 0.1) is 5.39 Å². The van der Waals surface area contributed by atoms with Crippen LogP contribution in [0.25, 0.3) is 10.2 Å². The van der Waals surface area contributed by atoms with Gasteiger partial charge in [-0.3, -0.25) is 4.79 Å². The lowest BCUT2D eigenvalue weighted by molar-refractivity contribution is -0.137. The Balaban J connectivity index is 2.49. The van der Waals surface area contributed by atoms with Crippen LogP contribution < -0.4 is 5.32 Å². The van der Waals surface area contributed by atoms with Crippen molar-refractivity contribution in [3.63, 3.8) is 0 Å². The summed E-state index contributed by atoms with van der Waals surface area (Å²) in [7, 11) is 0. The lowest BCUT2D eigenvalue weighted by Crippen LogP contribution is -2.26. The molecule has 18 heavy (non-hydrogen) atoms. The van der Waals surface area contributed by atoms with Crippen molar-refractivity contribution in [2.45, 2.75) is 33.2 Å². The van der Waals surface area contributed by atoms with Gasteiger partial charge in [-0.25, -0.2) is 9.97 Å². The maximum absolute atomic E-state index is 10.9. The lowest BCUT2D eigenvalue weighted by atomic mass is 10.3. The quantitative estimate of drug-likeness (QED) is 0.888. The van der Waals surface area contributed by atoms with E-state index in [9.17, 15) is 4.79 Å². The molecule has 0 saturated heterocycles. The number of hydrogen-bond acceptors (Lipinski definition) is 5. The molecule has 96 valence electrons. The zero-order valence-corrected chi connectivity index (χ0v) is 11.3. The second-order valence-electron chi connectivity index (χ2n) is 4.12. The number of carboxylic acid groups (broad SMARTS) is 1. The molecule has 0 unspecified atom stereocenters. The fraction of sp³-hybridized carbons (Fsp3) is 0.417. The molecule has 2 N–H and O–H groups in total. The Hall–Kier alpha value is -1.69. The Morgan fingerprint density at radius 2 is 2.28 bits per heavy atom. The van der Waals surface area contributed by atoms with E-state index in [1.54, 1.807) is 18.3 Å². The summed E-state index contributed by atoms with van der Waals surface area (Å²) in [4.78, 5) is 21.8. The van der Waals surface area contributed by atoms with Gasteiger partial charge in [0.1, 0.15) is 22.5 Å². The number of aliphatic carboxylic acids is 1. The van der Waals surface area contributed by atoms with E-state index in [0.717, 1.165) is 27.3 Å². The molecule has 0 aliphatic rings. The first-order chi connectivity index (χ1) is 8.51. The second kappa shape index (κ2) is 4.89. The molecule has 0 radical (unpaired) electrons. The summed E-state index contributed by atoms with van der Waals surface area (Å²) >= 11 is 1.59. The molecule has 6 heteroatoms. The van der Waals surface area contributed by atoms with E-state index >= 15 is 0 Å². The van der Waals surface area contributed by atoms with Crippen molar-refractivity contribution in [3.8, 4) is 0 Å². The van der Waals surface area contributed by atoms with Gasteiger partial charge in [-0.1, -0.05) is 6.92 Å². The maximum atomic E-state index is 10.9. The molecule has 2 aromatic heterocycles. The molecule has 1 atom stereocenters. The first kappa shape index (κ1) is 12.8. The molecule has 0 fully saturated rings. The van der Waals surface area contributed by atoms with E-state index in [2.05, 4.69) is 15.3 Å². The molecular formula is C12H15N3O2S. The topological polar surface area (TPSA) is 75.1 Å². The normalized spacial score (nSPS) is 12.6. The zero-order valence-electron chi connectivity index (χ0n) is 10.5. The number of nitrogens with one attached hydrogen (secondary N) is 1. The second-order valence-corrected chi connectivity index (χ2v) is 5.36. The Labute approximate surface area is 109 Å². The molecule has 0 aromatic carbocycles. The Morgan fingerprint density at radius 1 is 1.56 bits per heavy atom. The molecule has 2 aromatic rings. The van der Waals surface area contributed by atoms with Crippen molar-refractivity contribution in [1.29, 1.82) is 0 Å². The number of carbonyl (C=O) groups is 1. The Bertz CT molecular complexity index is 594. The number of aryl methyl sites for hydroxylation is 2. The number of anilines is 1. The smallest absolute Gasteiger partial charge is 0.325 e. The summed E-state index contributed by atoms with van der Waals surface area (Å²) in [5, 5.41) is 12.8. The first-order valence-corrected chi connectivity index (χ1v) is 6.59. The van der Waals surface area contributed by atoms with Gasteiger partial charge in [-0.15, -0.1) is 11.3 Å². The first-order valence-electron chi connectivity index (χ1n) is 5.77. The molecule has 0 bridgehead atoms. The van der Waals surface area contributed by atoms with Crippen molar-refractivity contribution in [2.24, 2.45) is 0 Å². The average Bonchev–Trinajstić information content (AvgIpc) is 2.69. The Kier molecular flexibility index (Phi) is 3.47. The molecule has 0 saturated carbocycles. The van der Waals surface area contributed by atoms with Crippen LogP contribution in [0.2, 0.25) is 0 Å². The van der Waals surface area contributed by atoms with Crippen molar-refractivity contribution in [1.82, 2.24) is 9.97 Å². The van der Waals surface area contributed by atoms with Crippen molar-refractivity contribution in [3.05, 3.63) is 16.8 Å². The number of fused-ring (bicyclic) bond motifs is 1. The van der Waals surface area contributed by atoms with Crippen LogP contribution in [0, 0.1) is 6.92 Å². The molecule has 0 spiro atoms. The standard InChI is InChI=1S/C12H15N3O2S/c1-4-9-14-10(13-7(3)12(16)17)8-5-6(2)18-11(8)15-9/h5,7H,4H2,1-3H3,(H,16,17)(H,13,14,15)/t7-/m0/s1. The van der Waals surface area contributed by atoms with Crippen LogP contribution in [0.3, 0.4) is 0 Å². The SMILES string of the molecule is CCc1nc(N[C@@H](C)C(=O)O)c2cc(C)sc2n1. The summed E-state index contributed by atoms with van der Waals surface area (Å²) in [5.41, 5.74) is 0. The number of carboxylic acids is 1. The van der Waals surface area contributed by atoms with E-state index in [0.29, 0.717) is 5.82 Å². The third kappa shape index (κ3) is 2.43. The fourth-order valence-corrected chi connectivity index (χ4v) is 2.52. The summed E-state index contributed by atoms with van der Waals surface area (Å²) in [5.74, 6) is 0.437. The van der Waals surface area contributed by atoms with Gasteiger partial charge in [-0.05, 0) is 19.9 Å². The number of nitrogens with zero attached hydrogens (tertiary/aromatic N) is 2. The summed E-state index contributed by atoms with van der Waals surface area (Å²) in [6.07, 6.45) is 0.725. The van der Waals surface area contributed by atoms with Gasteiger partial charge in [0, 0.05) is 11.3 Å². The van der Waals surface area contributed by atoms with E-state index in [-0.39, 0.29) is 0 Å². The van der Waals surface area contributed by atoms with Gasteiger partial charge < -0.3 is 10.4 Å². The molecular weight excluding hydrogens is 250 g/mol. The minimum Gasteiger partial charge on any atom is -0.480 e. The number of aromatic nitrogens is 2. The zero-order chi connectivity index (χ0) is 13.3. The lowest BCUT2D eigenvalue weighted by Gasteiger charge is -2.11. The monoisotopic (exact) mass is 265 g/mol. The van der Waals surface area contributed by atoms with Crippen LogP contribution in [0.1, 0.15) is 24.5 Å². The summed E-state index contributed by atoms with van der Waals surface area (Å²) in [6, 6.07) is 1.31. The predicted molar refractivity (Wildman–Crippen MR) is 72.3 cm³/mol. The minimum absolute atomic E-state index is 0.608. The summed E-state index contributed by atoms with van der Waals surface area (Å²) in [6.45, 7) is 5.58. The van der Waals surface area contributed by atoms with Gasteiger partial charge in [0.25, 0.3) is 0 Å². The fourth-order valence-electron chi connectivity index (χ4n) is 1.62. The maximum Gasteiger partial charge on any atom is 0.325 e. The highest BCUT2D eigenvalue weighted by atomic mass is 32.1. The largest absolute Gasteiger partial charge is 0.480 e. The van der Waals surface area contributed by atoms with Crippen LogP contribution in [-0.4, -0.2) is 27.1 Å². The van der Waals surface area contributed by atoms with Crippen molar-refractivity contribution >= 4 is 33.3 Å². The summed E-state index contributed by atoms with van der Waals surface area (Å²) < 4.78 is 0. The van der Waals surface area contributed by atoms with Crippen LogP contribution in [-0.2, 0) is 11.2 Å². The number of thiophene rings is 1. The van der Waals surface area contributed by atoms with E-state index in [4.69, 9.17) is 5.11 Å². The highest BCUT2D eigenvalue weighted by Gasteiger charge is 2.15. The number of rotatable bonds is 4. The molecule has 0 amide bonds. The molecule has 0 aliphatic carbocycles. The predicted octanol–water partition coefficient (Wildman–Crippen LogP) is 2.45. The van der Waals surface area contributed by atoms with Crippen LogP contribution in [0.15, 0.2) is 6.07 Å². The highest BCUT2D eigenvalue weighted by Crippen LogP contribution is 2.28. The average molecular weight is 265 g/mol. The third-order valence-electron chi connectivity index (χ3n) is 2.60. The molecule has 5 nitrogen and oxygen atoms in total. The van der Waals surface area contributed by atoms with Crippen LogP contribution in [0.5, 0.6) is 0 Å². The van der Waals surface area contributed by atoms with Gasteiger partial charge in [0.15, 0.2) is 0 Å². The number of hydrogen-bond donors (Lipinski definition) is 2. The van der Waals surface area contributed by atoms with Gasteiger partial charge in [0.2, 0.25) is 0 Å². The van der Waals surface area contributed by atoms with Crippen LogP contribution in [0.4, 0.5) is 5.82 Å². The molecule has 2 heterocycles. The van der Waals surface area contributed by atoms with Gasteiger partial charge in [-0.2, -0.15) is 0 Å². The van der Waals surface area contributed by atoms with Crippen molar-refractivity contribution < 1.29 is 9.90 Å². The van der Waals surface area contributed by atoms with Crippen LogP contribution >= 0.6 is 11.3 Å². The van der Waals surface area contributed by atoms with E-state index in [1.807, 2.05) is 19.9 Å². The molecule has 2 rings (SSSR count). The third-order valence-corrected chi connectivity index (χ3v) is 3.55. The minimum atomic E-state index is -0.897. The van der Waals surface area contributed by atoms with Crippen molar-refractivity contribution in [2.75, 3.05) is 5.32 Å². The Morgan fingerprint density at radius 3 is 2.89 bits per heavy atom. The highest BCUT2D eigenvalue weighted by molar-refractivity contribution is 7.18. The molecule has 0 aliphatic heterocycles. The van der Waals surface area contributed by atoms with E-state index < -0.39 is 12.0 Å². The van der Waals surface area contributed by atoms with Gasteiger partial charge >= 0.3 is 5.97 Å².